The highest BCUT2D eigenvalue weighted by atomic mass is 16.5. The Bertz CT molecular complexity index is 373. The third-order valence-electron chi connectivity index (χ3n) is 3.20. The predicted molar refractivity (Wildman–Crippen MR) is 59.2 cm³/mol. The molecule has 0 aliphatic carbocycles. The van der Waals surface area contributed by atoms with Gasteiger partial charge in [-0.05, 0) is 20.4 Å². The standard InChI is InChI=1S/C11H17N3O2/c1-8-6-11(15,7-14(8)2)9-10(16-3)13-5-4-12-9/h4-5,8,15H,6-7H2,1-3H3. The molecule has 5 nitrogen and oxygen atoms in total. The number of aliphatic hydroxyl groups is 1. The minimum absolute atomic E-state index is 0.330. The van der Waals surface area contributed by atoms with E-state index in [-0.39, 0.29) is 0 Å². The quantitative estimate of drug-likeness (QED) is 0.786. The van der Waals surface area contributed by atoms with Crippen molar-refractivity contribution in [2.24, 2.45) is 0 Å². The van der Waals surface area contributed by atoms with Crippen LogP contribution >= 0.6 is 0 Å². The Labute approximate surface area is 95.1 Å². The smallest absolute Gasteiger partial charge is 0.238 e. The number of methoxy groups -OCH3 is 1. The van der Waals surface area contributed by atoms with Gasteiger partial charge in [-0.3, -0.25) is 4.98 Å². The molecule has 0 radical (unpaired) electrons. The fraction of sp³-hybridized carbons (Fsp3) is 0.636. The van der Waals surface area contributed by atoms with Crippen molar-refractivity contribution in [3.63, 3.8) is 0 Å². The molecule has 16 heavy (non-hydrogen) atoms. The first-order valence-electron chi connectivity index (χ1n) is 5.35. The van der Waals surface area contributed by atoms with E-state index in [4.69, 9.17) is 4.74 Å². The highest BCUT2D eigenvalue weighted by Crippen LogP contribution is 2.36. The Morgan fingerprint density at radius 3 is 2.75 bits per heavy atom. The molecule has 1 aromatic rings. The average Bonchev–Trinajstić information content (AvgIpc) is 2.54. The van der Waals surface area contributed by atoms with Gasteiger partial charge in [0.05, 0.1) is 7.11 Å². The second-order valence-electron chi connectivity index (χ2n) is 4.41. The van der Waals surface area contributed by atoms with Crippen LogP contribution in [0.3, 0.4) is 0 Å². The van der Waals surface area contributed by atoms with E-state index in [1.54, 1.807) is 19.5 Å². The first kappa shape index (κ1) is 11.3. The van der Waals surface area contributed by atoms with Gasteiger partial charge in [0, 0.05) is 25.0 Å². The molecule has 1 aromatic heterocycles. The lowest BCUT2D eigenvalue weighted by molar-refractivity contribution is 0.0407. The number of likely N-dealkylation sites (N-methyl/N-ethyl adjacent to an activating group) is 1. The summed E-state index contributed by atoms with van der Waals surface area (Å²) in [6.07, 6.45) is 3.80. The third-order valence-corrected chi connectivity index (χ3v) is 3.20. The van der Waals surface area contributed by atoms with E-state index in [1.807, 2.05) is 7.05 Å². The Hall–Kier alpha value is -1.20. The highest BCUT2D eigenvalue weighted by molar-refractivity contribution is 5.26. The van der Waals surface area contributed by atoms with Gasteiger partial charge in [0.2, 0.25) is 5.88 Å². The van der Waals surface area contributed by atoms with E-state index < -0.39 is 5.60 Å². The van der Waals surface area contributed by atoms with Gasteiger partial charge in [-0.15, -0.1) is 0 Å². The number of rotatable bonds is 2. The minimum Gasteiger partial charge on any atom is -0.480 e. The van der Waals surface area contributed by atoms with Crippen LogP contribution in [0.1, 0.15) is 19.0 Å². The van der Waals surface area contributed by atoms with Gasteiger partial charge in [-0.2, -0.15) is 0 Å². The van der Waals surface area contributed by atoms with Gasteiger partial charge in [-0.1, -0.05) is 0 Å². The number of ether oxygens (including phenoxy) is 1. The zero-order valence-corrected chi connectivity index (χ0v) is 9.84. The fourth-order valence-electron chi connectivity index (χ4n) is 2.24. The van der Waals surface area contributed by atoms with Crippen molar-refractivity contribution in [2.45, 2.75) is 25.0 Å². The molecule has 1 saturated heterocycles. The summed E-state index contributed by atoms with van der Waals surface area (Å²) >= 11 is 0. The van der Waals surface area contributed by atoms with E-state index in [2.05, 4.69) is 21.8 Å². The van der Waals surface area contributed by atoms with Gasteiger partial charge in [0.1, 0.15) is 11.3 Å². The van der Waals surface area contributed by atoms with Gasteiger partial charge in [0.15, 0.2) is 0 Å². The van der Waals surface area contributed by atoms with E-state index in [9.17, 15) is 5.11 Å². The van der Waals surface area contributed by atoms with Crippen LogP contribution in [0.15, 0.2) is 12.4 Å². The summed E-state index contributed by atoms with van der Waals surface area (Å²) in [5.74, 6) is 0.410. The molecule has 1 aliphatic rings. The van der Waals surface area contributed by atoms with Gasteiger partial charge in [-0.25, -0.2) is 4.98 Å². The van der Waals surface area contributed by atoms with Crippen LogP contribution in [-0.2, 0) is 5.60 Å². The summed E-state index contributed by atoms with van der Waals surface area (Å²) < 4.78 is 5.14. The molecule has 0 amide bonds. The zero-order valence-electron chi connectivity index (χ0n) is 9.84. The number of β-amino-alcohol motifs (C(OH)–C–C–N with tert-alkyl or cyclic N) is 1. The number of likely N-dealkylation sites (tertiary alicyclic amines) is 1. The second-order valence-corrected chi connectivity index (χ2v) is 4.41. The molecule has 1 fully saturated rings. The number of hydrogen-bond donors (Lipinski definition) is 1. The van der Waals surface area contributed by atoms with Crippen molar-refractivity contribution in [2.75, 3.05) is 20.7 Å². The van der Waals surface area contributed by atoms with Crippen LogP contribution < -0.4 is 4.74 Å². The molecule has 0 spiro atoms. The van der Waals surface area contributed by atoms with Crippen LogP contribution in [0.2, 0.25) is 0 Å². The Balaban J connectivity index is 2.37. The second kappa shape index (κ2) is 3.99. The molecule has 1 N–H and O–H groups in total. The zero-order chi connectivity index (χ0) is 11.8. The van der Waals surface area contributed by atoms with Gasteiger partial charge in [0.25, 0.3) is 0 Å². The largest absolute Gasteiger partial charge is 0.480 e. The van der Waals surface area contributed by atoms with Crippen molar-refractivity contribution in [1.82, 2.24) is 14.9 Å². The van der Waals surface area contributed by atoms with Crippen molar-refractivity contribution >= 4 is 0 Å². The molecule has 0 aromatic carbocycles. The molecular formula is C11H17N3O2. The van der Waals surface area contributed by atoms with Crippen LogP contribution in [0.25, 0.3) is 0 Å². The maximum absolute atomic E-state index is 10.6. The number of hydrogen-bond acceptors (Lipinski definition) is 5. The average molecular weight is 223 g/mol. The topological polar surface area (TPSA) is 58.5 Å². The van der Waals surface area contributed by atoms with E-state index in [0.717, 1.165) is 0 Å². The molecule has 5 heteroatoms. The van der Waals surface area contributed by atoms with Crippen molar-refractivity contribution in [1.29, 1.82) is 0 Å². The fourth-order valence-corrected chi connectivity index (χ4v) is 2.24. The lowest BCUT2D eigenvalue weighted by Gasteiger charge is -2.22. The van der Waals surface area contributed by atoms with Crippen LogP contribution in [0, 0.1) is 0 Å². The third kappa shape index (κ3) is 1.76. The first-order chi connectivity index (χ1) is 7.57. The minimum atomic E-state index is -0.951. The summed E-state index contributed by atoms with van der Waals surface area (Å²) in [6, 6.07) is 0.330. The summed E-state index contributed by atoms with van der Waals surface area (Å²) in [6.45, 7) is 2.64. The van der Waals surface area contributed by atoms with Crippen LogP contribution in [0.5, 0.6) is 5.88 Å². The van der Waals surface area contributed by atoms with Crippen molar-refractivity contribution < 1.29 is 9.84 Å². The molecule has 0 bridgehead atoms. The molecular weight excluding hydrogens is 206 g/mol. The Kier molecular flexibility index (Phi) is 2.82. The van der Waals surface area contributed by atoms with E-state index in [0.29, 0.717) is 30.6 Å². The molecule has 0 saturated carbocycles. The Morgan fingerprint density at radius 1 is 1.50 bits per heavy atom. The lowest BCUT2D eigenvalue weighted by Crippen LogP contribution is -2.31. The van der Waals surface area contributed by atoms with Crippen LogP contribution in [0.4, 0.5) is 0 Å². The first-order valence-corrected chi connectivity index (χ1v) is 5.35. The number of aromatic nitrogens is 2. The SMILES string of the molecule is COc1nccnc1C1(O)CC(C)N(C)C1. The van der Waals surface area contributed by atoms with Gasteiger partial charge < -0.3 is 14.7 Å². The van der Waals surface area contributed by atoms with E-state index >= 15 is 0 Å². The lowest BCUT2D eigenvalue weighted by atomic mass is 9.96. The molecule has 1 aliphatic heterocycles. The van der Waals surface area contributed by atoms with Gasteiger partial charge >= 0.3 is 0 Å². The number of nitrogens with zero attached hydrogens (tertiary/aromatic N) is 3. The molecule has 88 valence electrons. The monoisotopic (exact) mass is 223 g/mol. The molecule has 2 atom stereocenters. The molecule has 2 heterocycles. The molecule has 2 unspecified atom stereocenters. The van der Waals surface area contributed by atoms with Crippen molar-refractivity contribution in [3.8, 4) is 5.88 Å². The predicted octanol–water partition coefficient (Wildman–Crippen LogP) is 0.397. The normalized spacial score (nSPS) is 30.6. The summed E-state index contributed by atoms with van der Waals surface area (Å²) in [5.41, 5.74) is -0.415. The summed E-state index contributed by atoms with van der Waals surface area (Å²) in [5, 5.41) is 10.6. The summed E-state index contributed by atoms with van der Waals surface area (Å²) in [4.78, 5) is 10.4. The van der Waals surface area contributed by atoms with E-state index in [1.165, 1.54) is 0 Å². The Morgan fingerprint density at radius 2 is 2.19 bits per heavy atom. The highest BCUT2D eigenvalue weighted by Gasteiger charge is 2.43. The van der Waals surface area contributed by atoms with Crippen molar-refractivity contribution in [3.05, 3.63) is 18.1 Å². The van der Waals surface area contributed by atoms with Crippen LogP contribution in [-0.4, -0.2) is 46.7 Å². The summed E-state index contributed by atoms with van der Waals surface area (Å²) in [7, 11) is 3.53. The molecule has 2 rings (SSSR count). The maximum Gasteiger partial charge on any atom is 0.238 e. The maximum atomic E-state index is 10.6.